The number of carbonyl (C=O) groups excluding carboxylic acids is 1. The maximum atomic E-state index is 12.0. The number of rotatable bonds is 10. The van der Waals surface area contributed by atoms with Gasteiger partial charge in [0.25, 0.3) is 0 Å². The lowest BCUT2D eigenvalue weighted by atomic mass is 10.1. The molecule has 0 unspecified atom stereocenters. The number of hydrogen-bond donors (Lipinski definition) is 2. The lowest BCUT2D eigenvalue weighted by molar-refractivity contribution is -0.120. The van der Waals surface area contributed by atoms with Gasteiger partial charge in [-0.25, -0.2) is 0 Å². The van der Waals surface area contributed by atoms with E-state index >= 15 is 0 Å². The standard InChI is InChI=1S/C23H27ClN2O3/c1-17(19-6-8-20(24)9-7-19)26-23(27)4-2-3-12-25-13-11-18-5-10-21-22(16-18)29-15-14-28-21/h5-10,16,25H,1-4,11-15H2,(H,26,27). The smallest absolute Gasteiger partial charge is 0.224 e. The van der Waals surface area contributed by atoms with Crippen molar-refractivity contribution in [3.8, 4) is 11.5 Å². The second kappa shape index (κ2) is 10.9. The van der Waals surface area contributed by atoms with Crippen molar-refractivity contribution in [2.45, 2.75) is 25.7 Å². The Morgan fingerprint density at radius 3 is 2.55 bits per heavy atom. The van der Waals surface area contributed by atoms with Crippen LogP contribution in [0.3, 0.4) is 0 Å². The lowest BCUT2D eigenvalue weighted by Crippen LogP contribution is -2.22. The topological polar surface area (TPSA) is 59.6 Å². The molecule has 2 aromatic rings. The maximum Gasteiger partial charge on any atom is 0.224 e. The van der Waals surface area contributed by atoms with E-state index in [0.29, 0.717) is 30.4 Å². The van der Waals surface area contributed by atoms with Crippen LogP contribution in [0.2, 0.25) is 5.02 Å². The molecule has 1 aliphatic rings. The summed E-state index contributed by atoms with van der Waals surface area (Å²) >= 11 is 5.87. The Labute approximate surface area is 177 Å². The van der Waals surface area contributed by atoms with Crippen molar-refractivity contribution < 1.29 is 14.3 Å². The summed E-state index contributed by atoms with van der Waals surface area (Å²) < 4.78 is 11.1. The molecular weight excluding hydrogens is 388 g/mol. The van der Waals surface area contributed by atoms with Gasteiger partial charge in [0.05, 0.1) is 0 Å². The molecule has 154 valence electrons. The molecule has 2 N–H and O–H groups in total. The first-order chi connectivity index (χ1) is 14.1. The Bertz CT molecular complexity index is 837. The molecule has 2 aromatic carbocycles. The van der Waals surface area contributed by atoms with Crippen LogP contribution >= 0.6 is 11.6 Å². The second-order valence-electron chi connectivity index (χ2n) is 6.97. The van der Waals surface area contributed by atoms with Crippen LogP contribution in [0.25, 0.3) is 5.70 Å². The van der Waals surface area contributed by atoms with Crippen molar-refractivity contribution in [3.05, 3.63) is 65.2 Å². The van der Waals surface area contributed by atoms with Crippen molar-refractivity contribution >= 4 is 23.2 Å². The quantitative estimate of drug-likeness (QED) is 0.572. The Balaban J connectivity index is 1.26. The molecule has 0 saturated heterocycles. The van der Waals surface area contributed by atoms with Gasteiger partial charge in [0, 0.05) is 17.1 Å². The minimum Gasteiger partial charge on any atom is -0.486 e. The van der Waals surface area contributed by atoms with Crippen molar-refractivity contribution in [2.75, 3.05) is 26.3 Å². The van der Waals surface area contributed by atoms with Crippen LogP contribution in [-0.2, 0) is 11.2 Å². The predicted octanol–water partition coefficient (Wildman–Crippen LogP) is 4.20. The Kier molecular flexibility index (Phi) is 7.96. The van der Waals surface area contributed by atoms with E-state index in [1.54, 1.807) is 12.1 Å². The fourth-order valence-corrected chi connectivity index (χ4v) is 3.22. The number of unbranched alkanes of at least 4 members (excludes halogenated alkanes) is 1. The van der Waals surface area contributed by atoms with E-state index in [-0.39, 0.29) is 5.91 Å². The molecule has 0 spiro atoms. The van der Waals surface area contributed by atoms with Crippen LogP contribution in [0.5, 0.6) is 11.5 Å². The van der Waals surface area contributed by atoms with E-state index in [2.05, 4.69) is 23.3 Å². The molecule has 0 bridgehead atoms. The number of halogens is 1. The number of ether oxygens (including phenoxy) is 2. The SMILES string of the molecule is C=C(NC(=O)CCCCNCCc1ccc2c(c1)OCCO2)c1ccc(Cl)cc1. The summed E-state index contributed by atoms with van der Waals surface area (Å²) in [6, 6.07) is 13.4. The third-order valence-electron chi connectivity index (χ3n) is 4.69. The van der Waals surface area contributed by atoms with Crippen LogP contribution in [0.4, 0.5) is 0 Å². The highest BCUT2D eigenvalue weighted by Crippen LogP contribution is 2.30. The normalized spacial score (nSPS) is 12.4. The van der Waals surface area contributed by atoms with Crippen LogP contribution in [0.15, 0.2) is 49.0 Å². The lowest BCUT2D eigenvalue weighted by Gasteiger charge is -2.18. The first-order valence-corrected chi connectivity index (χ1v) is 10.3. The molecule has 5 nitrogen and oxygen atoms in total. The molecule has 29 heavy (non-hydrogen) atoms. The highest BCUT2D eigenvalue weighted by Gasteiger charge is 2.11. The number of benzene rings is 2. The molecule has 0 aliphatic carbocycles. The van der Waals surface area contributed by atoms with E-state index in [1.165, 1.54) is 5.56 Å². The van der Waals surface area contributed by atoms with Crippen LogP contribution in [0.1, 0.15) is 30.4 Å². The van der Waals surface area contributed by atoms with Gasteiger partial charge in [0.15, 0.2) is 11.5 Å². The maximum absolute atomic E-state index is 12.0. The molecule has 1 aliphatic heterocycles. The first-order valence-electron chi connectivity index (χ1n) is 9.96. The van der Waals surface area contributed by atoms with Crippen LogP contribution in [-0.4, -0.2) is 32.2 Å². The molecule has 0 saturated carbocycles. The largest absolute Gasteiger partial charge is 0.486 e. The van der Waals surface area contributed by atoms with E-state index in [4.69, 9.17) is 21.1 Å². The minimum atomic E-state index is -0.0128. The van der Waals surface area contributed by atoms with E-state index in [0.717, 1.165) is 49.4 Å². The summed E-state index contributed by atoms with van der Waals surface area (Å²) in [5, 5.41) is 6.93. The molecular formula is C23H27ClN2O3. The van der Waals surface area contributed by atoms with Gasteiger partial charge in [-0.2, -0.15) is 0 Å². The van der Waals surface area contributed by atoms with E-state index < -0.39 is 0 Å². The first kappa shape index (κ1) is 21.2. The van der Waals surface area contributed by atoms with Crippen molar-refractivity contribution in [1.82, 2.24) is 10.6 Å². The summed E-state index contributed by atoms with van der Waals surface area (Å²) in [6.07, 6.45) is 3.19. The third-order valence-corrected chi connectivity index (χ3v) is 4.94. The Morgan fingerprint density at radius 2 is 1.76 bits per heavy atom. The zero-order valence-electron chi connectivity index (χ0n) is 16.5. The molecule has 6 heteroatoms. The summed E-state index contributed by atoms with van der Waals surface area (Å²) in [6.45, 7) is 6.91. The van der Waals surface area contributed by atoms with Gasteiger partial charge >= 0.3 is 0 Å². The van der Waals surface area contributed by atoms with E-state index in [1.807, 2.05) is 24.3 Å². The van der Waals surface area contributed by atoms with Gasteiger partial charge in [-0.05, 0) is 67.7 Å². The molecule has 0 fully saturated rings. The van der Waals surface area contributed by atoms with Crippen LogP contribution in [0, 0.1) is 0 Å². The van der Waals surface area contributed by atoms with Gasteiger partial charge in [-0.1, -0.05) is 36.4 Å². The zero-order valence-corrected chi connectivity index (χ0v) is 17.3. The number of fused-ring (bicyclic) bond motifs is 1. The summed E-state index contributed by atoms with van der Waals surface area (Å²) in [5.74, 6) is 1.64. The highest BCUT2D eigenvalue weighted by molar-refractivity contribution is 6.30. The van der Waals surface area contributed by atoms with Crippen LogP contribution < -0.4 is 20.1 Å². The molecule has 3 rings (SSSR count). The number of nitrogens with one attached hydrogen (secondary N) is 2. The summed E-state index contributed by atoms with van der Waals surface area (Å²) in [5.41, 5.74) is 2.69. The third kappa shape index (κ3) is 6.80. The summed E-state index contributed by atoms with van der Waals surface area (Å²) in [7, 11) is 0. The second-order valence-corrected chi connectivity index (χ2v) is 7.41. The summed E-state index contributed by atoms with van der Waals surface area (Å²) in [4.78, 5) is 12.0. The number of carbonyl (C=O) groups is 1. The van der Waals surface area contributed by atoms with Crippen molar-refractivity contribution in [3.63, 3.8) is 0 Å². The average molecular weight is 415 g/mol. The average Bonchev–Trinajstić information content (AvgIpc) is 2.73. The Morgan fingerprint density at radius 1 is 1.00 bits per heavy atom. The van der Waals surface area contributed by atoms with E-state index in [9.17, 15) is 4.79 Å². The molecule has 0 atom stereocenters. The minimum absolute atomic E-state index is 0.0128. The highest BCUT2D eigenvalue weighted by atomic mass is 35.5. The monoisotopic (exact) mass is 414 g/mol. The fourth-order valence-electron chi connectivity index (χ4n) is 3.09. The van der Waals surface area contributed by atoms with Gasteiger partial charge in [0.1, 0.15) is 13.2 Å². The van der Waals surface area contributed by atoms with Crippen molar-refractivity contribution in [2.24, 2.45) is 0 Å². The van der Waals surface area contributed by atoms with Gasteiger partial charge in [-0.3, -0.25) is 4.79 Å². The van der Waals surface area contributed by atoms with Gasteiger partial charge < -0.3 is 20.1 Å². The molecule has 0 aromatic heterocycles. The Hall–Kier alpha value is -2.50. The zero-order chi connectivity index (χ0) is 20.5. The fraction of sp³-hybridized carbons (Fsp3) is 0.348. The number of amides is 1. The number of hydrogen-bond acceptors (Lipinski definition) is 4. The molecule has 0 radical (unpaired) electrons. The van der Waals surface area contributed by atoms with Gasteiger partial charge in [-0.15, -0.1) is 0 Å². The van der Waals surface area contributed by atoms with Gasteiger partial charge in [0.2, 0.25) is 5.91 Å². The molecule has 1 amide bonds. The van der Waals surface area contributed by atoms with Crippen molar-refractivity contribution in [1.29, 1.82) is 0 Å². The molecule has 1 heterocycles. The predicted molar refractivity (Wildman–Crippen MR) is 116 cm³/mol.